The van der Waals surface area contributed by atoms with Crippen LogP contribution in [-0.2, 0) is 4.74 Å². The van der Waals surface area contributed by atoms with E-state index in [2.05, 4.69) is 6.07 Å². The summed E-state index contributed by atoms with van der Waals surface area (Å²) in [6, 6.07) is 2.38. The third-order valence-corrected chi connectivity index (χ3v) is 4.00. The van der Waals surface area contributed by atoms with E-state index in [9.17, 15) is 10.4 Å². The zero-order valence-electron chi connectivity index (χ0n) is 9.11. The Morgan fingerprint density at radius 3 is 2.40 bits per heavy atom. The molecule has 1 N–H and O–H groups in total. The molecule has 1 heterocycles. The van der Waals surface area contributed by atoms with E-state index in [1.165, 1.54) is 0 Å². The molecule has 1 aliphatic heterocycles. The van der Waals surface area contributed by atoms with Crippen LogP contribution in [0.2, 0.25) is 0 Å². The molecular weight excluding hydrogens is 190 g/mol. The number of nitrogens with zero attached hydrogens (tertiary/aromatic N) is 1. The van der Waals surface area contributed by atoms with Gasteiger partial charge in [0.25, 0.3) is 0 Å². The molecule has 3 nitrogen and oxygen atoms in total. The smallest absolute Gasteiger partial charge is 0.0835 e. The predicted molar refractivity (Wildman–Crippen MR) is 56.1 cm³/mol. The molecule has 0 bridgehead atoms. The normalized spacial score (nSPS) is 28.5. The Labute approximate surface area is 91.0 Å². The summed E-state index contributed by atoms with van der Waals surface area (Å²) in [5.41, 5.74) is -0.442. The molecule has 0 amide bonds. The Morgan fingerprint density at radius 1 is 1.27 bits per heavy atom. The highest BCUT2D eigenvalue weighted by atomic mass is 16.5. The molecule has 0 aromatic carbocycles. The molecular formula is C12H19NO2. The van der Waals surface area contributed by atoms with Crippen molar-refractivity contribution in [2.75, 3.05) is 13.2 Å². The van der Waals surface area contributed by atoms with E-state index >= 15 is 0 Å². The second kappa shape index (κ2) is 4.51. The second-order valence-electron chi connectivity index (χ2n) is 4.87. The van der Waals surface area contributed by atoms with Gasteiger partial charge in [-0.1, -0.05) is 12.8 Å². The van der Waals surface area contributed by atoms with E-state index in [1.54, 1.807) is 0 Å². The van der Waals surface area contributed by atoms with Crippen molar-refractivity contribution in [2.24, 2.45) is 11.3 Å². The number of aliphatic hydroxyl groups is 1. The van der Waals surface area contributed by atoms with E-state index in [0.717, 1.165) is 51.7 Å². The molecule has 15 heavy (non-hydrogen) atoms. The van der Waals surface area contributed by atoms with Crippen LogP contribution in [0.3, 0.4) is 0 Å². The summed E-state index contributed by atoms with van der Waals surface area (Å²) in [5.74, 6) is 0.275. The number of ether oxygens (including phenoxy) is 1. The number of aliphatic hydroxyl groups excluding tert-OH is 1. The van der Waals surface area contributed by atoms with Crippen molar-refractivity contribution in [3.8, 4) is 6.07 Å². The molecule has 2 rings (SSSR count). The molecule has 1 saturated carbocycles. The van der Waals surface area contributed by atoms with Gasteiger partial charge >= 0.3 is 0 Å². The molecule has 84 valence electrons. The maximum atomic E-state index is 10.3. The maximum absolute atomic E-state index is 10.3. The van der Waals surface area contributed by atoms with Crippen LogP contribution in [0.4, 0.5) is 0 Å². The third kappa shape index (κ3) is 2.02. The second-order valence-corrected chi connectivity index (χ2v) is 4.87. The Hall–Kier alpha value is -0.590. The average molecular weight is 209 g/mol. The van der Waals surface area contributed by atoms with Crippen molar-refractivity contribution in [1.29, 1.82) is 5.26 Å². The van der Waals surface area contributed by atoms with E-state index in [1.807, 2.05) is 0 Å². The summed E-state index contributed by atoms with van der Waals surface area (Å²) in [6.07, 6.45) is 5.31. The van der Waals surface area contributed by atoms with Crippen molar-refractivity contribution < 1.29 is 9.84 Å². The number of nitriles is 1. The zero-order valence-corrected chi connectivity index (χ0v) is 9.11. The molecule has 1 saturated heterocycles. The lowest BCUT2D eigenvalue weighted by molar-refractivity contribution is -0.0364. The monoisotopic (exact) mass is 209 g/mol. The van der Waals surface area contributed by atoms with Gasteiger partial charge in [0.2, 0.25) is 0 Å². The van der Waals surface area contributed by atoms with Gasteiger partial charge in [0, 0.05) is 13.2 Å². The Bertz CT molecular complexity index is 247. The van der Waals surface area contributed by atoms with Crippen molar-refractivity contribution in [3.63, 3.8) is 0 Å². The fraction of sp³-hybridized carbons (Fsp3) is 0.917. The lowest BCUT2D eigenvalue weighted by Crippen LogP contribution is -2.40. The Kier molecular flexibility index (Phi) is 3.28. The van der Waals surface area contributed by atoms with Crippen molar-refractivity contribution in [2.45, 2.75) is 44.6 Å². The van der Waals surface area contributed by atoms with Crippen LogP contribution in [0.25, 0.3) is 0 Å². The minimum absolute atomic E-state index is 0.275. The quantitative estimate of drug-likeness (QED) is 0.755. The number of hydrogen-bond acceptors (Lipinski definition) is 3. The van der Waals surface area contributed by atoms with E-state index < -0.39 is 11.5 Å². The van der Waals surface area contributed by atoms with E-state index in [4.69, 9.17) is 4.74 Å². The van der Waals surface area contributed by atoms with E-state index in [-0.39, 0.29) is 5.92 Å². The standard InChI is InChI=1S/C12H19NO2/c13-9-12(5-1-2-6-12)11(14)10-3-7-15-8-4-10/h10-11,14H,1-8H2. The third-order valence-electron chi connectivity index (χ3n) is 4.00. The van der Waals surface area contributed by atoms with Gasteiger partial charge in [-0.15, -0.1) is 0 Å². The first-order valence-corrected chi connectivity index (χ1v) is 5.95. The zero-order chi connectivity index (χ0) is 10.7. The van der Waals surface area contributed by atoms with Gasteiger partial charge < -0.3 is 9.84 Å². The summed E-state index contributed by atoms with van der Waals surface area (Å²) in [6.45, 7) is 1.48. The van der Waals surface area contributed by atoms with Crippen LogP contribution >= 0.6 is 0 Å². The number of rotatable bonds is 2. The first kappa shape index (κ1) is 10.9. The van der Waals surface area contributed by atoms with Crippen LogP contribution in [-0.4, -0.2) is 24.4 Å². The average Bonchev–Trinajstić information content (AvgIpc) is 2.79. The van der Waals surface area contributed by atoms with Gasteiger partial charge in [-0.3, -0.25) is 0 Å². The summed E-state index contributed by atoms with van der Waals surface area (Å²) >= 11 is 0. The molecule has 3 heteroatoms. The van der Waals surface area contributed by atoms with Gasteiger partial charge in [-0.2, -0.15) is 5.26 Å². The van der Waals surface area contributed by atoms with Crippen LogP contribution in [0.15, 0.2) is 0 Å². The molecule has 2 fully saturated rings. The number of hydrogen-bond donors (Lipinski definition) is 1. The maximum Gasteiger partial charge on any atom is 0.0835 e. The fourth-order valence-electron chi connectivity index (χ4n) is 2.96. The molecule has 1 atom stereocenters. The minimum atomic E-state index is -0.442. The van der Waals surface area contributed by atoms with E-state index in [0.29, 0.717) is 0 Å². The summed E-state index contributed by atoms with van der Waals surface area (Å²) in [4.78, 5) is 0. The van der Waals surface area contributed by atoms with Gasteiger partial charge in [0.1, 0.15) is 0 Å². The van der Waals surface area contributed by atoms with Crippen LogP contribution in [0.1, 0.15) is 38.5 Å². The fourth-order valence-corrected chi connectivity index (χ4v) is 2.96. The SMILES string of the molecule is N#CC1(C(O)C2CCOCC2)CCCC1. The topological polar surface area (TPSA) is 53.2 Å². The van der Waals surface area contributed by atoms with Crippen molar-refractivity contribution in [3.05, 3.63) is 0 Å². The lowest BCUT2D eigenvalue weighted by atomic mass is 9.74. The lowest BCUT2D eigenvalue weighted by Gasteiger charge is -2.35. The Balaban J connectivity index is 2.04. The molecule has 1 unspecified atom stereocenters. The van der Waals surface area contributed by atoms with Gasteiger partial charge in [-0.25, -0.2) is 0 Å². The molecule has 0 spiro atoms. The van der Waals surface area contributed by atoms with Gasteiger partial charge in [-0.05, 0) is 31.6 Å². The summed E-state index contributed by atoms with van der Waals surface area (Å²) < 4.78 is 5.29. The van der Waals surface area contributed by atoms with Gasteiger partial charge in [0.05, 0.1) is 17.6 Å². The molecule has 0 radical (unpaired) electrons. The minimum Gasteiger partial charge on any atom is -0.391 e. The molecule has 0 aromatic rings. The Morgan fingerprint density at radius 2 is 1.87 bits per heavy atom. The highest BCUT2D eigenvalue weighted by molar-refractivity contribution is 5.07. The van der Waals surface area contributed by atoms with Crippen molar-refractivity contribution in [1.82, 2.24) is 0 Å². The summed E-state index contributed by atoms with van der Waals surface area (Å²) in [7, 11) is 0. The van der Waals surface area contributed by atoms with Crippen molar-refractivity contribution >= 4 is 0 Å². The van der Waals surface area contributed by atoms with Gasteiger partial charge in [0.15, 0.2) is 0 Å². The highest BCUT2D eigenvalue weighted by Crippen LogP contribution is 2.44. The van der Waals surface area contributed by atoms with Crippen LogP contribution in [0, 0.1) is 22.7 Å². The molecule has 1 aliphatic carbocycles. The summed E-state index contributed by atoms with van der Waals surface area (Å²) in [5, 5.41) is 19.6. The highest BCUT2D eigenvalue weighted by Gasteiger charge is 2.44. The first-order chi connectivity index (χ1) is 7.28. The van der Waals surface area contributed by atoms with Crippen LogP contribution in [0.5, 0.6) is 0 Å². The largest absolute Gasteiger partial charge is 0.391 e. The molecule has 2 aliphatic rings. The molecule has 0 aromatic heterocycles. The predicted octanol–water partition coefficient (Wildman–Crippen LogP) is 1.86. The van der Waals surface area contributed by atoms with Crippen LogP contribution < -0.4 is 0 Å². The first-order valence-electron chi connectivity index (χ1n) is 5.95.